The monoisotopic (exact) mass is 377 g/mol. The molecule has 0 aromatic heterocycles. The minimum absolute atomic E-state index is 0.352. The zero-order chi connectivity index (χ0) is 19.5. The maximum Gasteiger partial charge on any atom is 0.194 e. The van der Waals surface area contributed by atoms with Crippen LogP contribution in [0.3, 0.4) is 0 Å². The van der Waals surface area contributed by atoms with Crippen LogP contribution in [0.2, 0.25) is 0 Å². The number of aliphatic imine (C=N–C) groups is 1. The number of hydrogen-bond acceptors (Lipinski definition) is 4. The predicted molar refractivity (Wildman–Crippen MR) is 110 cm³/mol. The van der Waals surface area contributed by atoms with Crippen LogP contribution in [0.5, 0.6) is 5.75 Å². The first-order chi connectivity index (χ1) is 13.2. The molecule has 1 N–H and O–H groups in total. The first kappa shape index (κ1) is 21.5. The van der Waals surface area contributed by atoms with Gasteiger partial charge in [0.05, 0.1) is 19.8 Å². The fraction of sp³-hybridized carbons (Fsp3) is 0.667. The molecule has 2 rings (SSSR count). The van der Waals surface area contributed by atoms with Crippen molar-refractivity contribution in [1.29, 1.82) is 0 Å². The fourth-order valence-corrected chi connectivity index (χ4v) is 3.32. The number of benzene rings is 1. The number of rotatable bonds is 9. The summed E-state index contributed by atoms with van der Waals surface area (Å²) >= 11 is 0. The molecule has 0 radical (unpaired) electrons. The van der Waals surface area contributed by atoms with Gasteiger partial charge in [0.25, 0.3) is 0 Å². The highest BCUT2D eigenvalue weighted by Crippen LogP contribution is 2.19. The summed E-state index contributed by atoms with van der Waals surface area (Å²) in [5, 5.41) is 3.43. The first-order valence-corrected chi connectivity index (χ1v) is 9.95. The number of aryl methyl sites for hydroxylation is 1. The molecule has 1 fully saturated rings. The Balaban J connectivity index is 1.87. The number of ether oxygens (including phenoxy) is 3. The number of hydrogen-bond donors (Lipinski definition) is 1. The van der Waals surface area contributed by atoms with E-state index in [1.54, 1.807) is 14.2 Å². The Kier molecular flexibility index (Phi) is 9.42. The number of piperidine rings is 1. The van der Waals surface area contributed by atoms with Crippen LogP contribution in [0.1, 0.15) is 37.3 Å². The molecule has 0 bridgehead atoms. The van der Waals surface area contributed by atoms with Crippen LogP contribution in [0.25, 0.3) is 0 Å². The van der Waals surface area contributed by atoms with E-state index < -0.39 is 0 Å². The van der Waals surface area contributed by atoms with E-state index in [4.69, 9.17) is 19.2 Å². The molecule has 0 amide bonds. The number of nitrogens with one attached hydrogen (secondary N) is 1. The number of methoxy groups -OCH3 is 2. The van der Waals surface area contributed by atoms with Crippen molar-refractivity contribution >= 4 is 5.96 Å². The number of guanidine groups is 1. The van der Waals surface area contributed by atoms with Crippen LogP contribution in [0, 0.1) is 6.92 Å². The van der Waals surface area contributed by atoms with Gasteiger partial charge in [-0.15, -0.1) is 0 Å². The standard InChI is InChI=1S/C21H35N3O3/c1-5-22-21(23-16-18-7-8-20(26-4)17(2)15-18)24-11-9-19(10-12-24)27-14-6-13-25-3/h7-8,15,19H,5-6,9-14,16H2,1-4H3,(H,22,23). The van der Waals surface area contributed by atoms with Gasteiger partial charge in [-0.05, 0) is 50.3 Å². The summed E-state index contributed by atoms with van der Waals surface area (Å²) in [5.41, 5.74) is 2.33. The summed E-state index contributed by atoms with van der Waals surface area (Å²) < 4.78 is 16.4. The fourth-order valence-electron chi connectivity index (χ4n) is 3.32. The van der Waals surface area contributed by atoms with Gasteiger partial charge in [0, 0.05) is 40.0 Å². The highest BCUT2D eigenvalue weighted by Gasteiger charge is 2.21. The molecule has 0 unspecified atom stereocenters. The summed E-state index contributed by atoms with van der Waals surface area (Å²) in [6.45, 7) is 9.21. The normalized spacial score (nSPS) is 15.9. The van der Waals surface area contributed by atoms with Gasteiger partial charge in [-0.1, -0.05) is 12.1 Å². The zero-order valence-corrected chi connectivity index (χ0v) is 17.3. The van der Waals surface area contributed by atoms with E-state index in [9.17, 15) is 0 Å². The van der Waals surface area contributed by atoms with Gasteiger partial charge in [0.1, 0.15) is 5.75 Å². The van der Waals surface area contributed by atoms with E-state index in [0.717, 1.165) is 69.4 Å². The van der Waals surface area contributed by atoms with Crippen molar-refractivity contribution in [2.75, 3.05) is 47.1 Å². The zero-order valence-electron chi connectivity index (χ0n) is 17.3. The Morgan fingerprint density at radius 1 is 1.22 bits per heavy atom. The molecule has 1 saturated heterocycles. The molecule has 6 nitrogen and oxygen atoms in total. The Labute approximate surface area is 163 Å². The third kappa shape index (κ3) is 7.03. The van der Waals surface area contributed by atoms with Gasteiger partial charge in [0.15, 0.2) is 5.96 Å². The summed E-state index contributed by atoms with van der Waals surface area (Å²) in [6, 6.07) is 6.24. The lowest BCUT2D eigenvalue weighted by molar-refractivity contribution is 0.00990. The van der Waals surface area contributed by atoms with E-state index in [-0.39, 0.29) is 0 Å². The molecule has 27 heavy (non-hydrogen) atoms. The third-order valence-corrected chi connectivity index (χ3v) is 4.79. The van der Waals surface area contributed by atoms with Gasteiger partial charge in [-0.25, -0.2) is 4.99 Å². The van der Waals surface area contributed by atoms with Crippen LogP contribution in [0.4, 0.5) is 0 Å². The van der Waals surface area contributed by atoms with Crippen LogP contribution in [0.15, 0.2) is 23.2 Å². The lowest BCUT2D eigenvalue weighted by Crippen LogP contribution is -2.47. The summed E-state index contributed by atoms with van der Waals surface area (Å²) in [4.78, 5) is 7.19. The molecule has 1 aliphatic heterocycles. The predicted octanol–water partition coefficient (Wildman–Crippen LogP) is 2.99. The second kappa shape index (κ2) is 11.8. The SMILES string of the molecule is CCNC(=NCc1ccc(OC)c(C)c1)N1CCC(OCCCOC)CC1. The largest absolute Gasteiger partial charge is 0.496 e. The smallest absolute Gasteiger partial charge is 0.194 e. The van der Waals surface area contributed by atoms with Gasteiger partial charge in [-0.3, -0.25) is 0 Å². The van der Waals surface area contributed by atoms with Crippen LogP contribution in [-0.2, 0) is 16.0 Å². The van der Waals surface area contributed by atoms with Crippen LogP contribution in [-0.4, -0.2) is 64.0 Å². The van der Waals surface area contributed by atoms with E-state index in [0.29, 0.717) is 12.6 Å². The Morgan fingerprint density at radius 2 is 2.00 bits per heavy atom. The van der Waals surface area contributed by atoms with Crippen molar-refractivity contribution in [1.82, 2.24) is 10.2 Å². The number of likely N-dealkylation sites (tertiary alicyclic amines) is 1. The van der Waals surface area contributed by atoms with Crippen LogP contribution >= 0.6 is 0 Å². The summed E-state index contributed by atoms with van der Waals surface area (Å²) in [7, 11) is 3.43. The van der Waals surface area contributed by atoms with E-state index in [2.05, 4.69) is 36.2 Å². The van der Waals surface area contributed by atoms with E-state index in [1.807, 2.05) is 6.07 Å². The molecule has 1 aliphatic rings. The van der Waals surface area contributed by atoms with Crippen molar-refractivity contribution in [2.24, 2.45) is 4.99 Å². The maximum absolute atomic E-state index is 5.96. The maximum atomic E-state index is 5.96. The molecule has 0 spiro atoms. The van der Waals surface area contributed by atoms with Gasteiger partial charge < -0.3 is 24.4 Å². The van der Waals surface area contributed by atoms with Gasteiger partial charge in [0.2, 0.25) is 0 Å². The van der Waals surface area contributed by atoms with Crippen molar-refractivity contribution < 1.29 is 14.2 Å². The van der Waals surface area contributed by atoms with Gasteiger partial charge in [-0.2, -0.15) is 0 Å². The van der Waals surface area contributed by atoms with Crippen LogP contribution < -0.4 is 10.1 Å². The summed E-state index contributed by atoms with van der Waals surface area (Å²) in [5.74, 6) is 1.91. The minimum atomic E-state index is 0.352. The molecule has 1 heterocycles. The first-order valence-electron chi connectivity index (χ1n) is 9.95. The molecular weight excluding hydrogens is 342 g/mol. The highest BCUT2D eigenvalue weighted by atomic mass is 16.5. The molecule has 1 aromatic rings. The highest BCUT2D eigenvalue weighted by molar-refractivity contribution is 5.80. The lowest BCUT2D eigenvalue weighted by atomic mass is 10.1. The Bertz CT molecular complexity index is 584. The quantitative estimate of drug-likeness (QED) is 0.407. The van der Waals surface area contributed by atoms with E-state index in [1.165, 1.54) is 5.56 Å². The summed E-state index contributed by atoms with van der Waals surface area (Å²) in [6.07, 6.45) is 3.39. The van der Waals surface area contributed by atoms with E-state index >= 15 is 0 Å². The Hall–Kier alpha value is -1.79. The average Bonchev–Trinajstić information content (AvgIpc) is 2.69. The lowest BCUT2D eigenvalue weighted by Gasteiger charge is -2.34. The molecule has 152 valence electrons. The van der Waals surface area contributed by atoms with Crippen molar-refractivity contribution in [2.45, 2.75) is 45.8 Å². The third-order valence-electron chi connectivity index (χ3n) is 4.79. The minimum Gasteiger partial charge on any atom is -0.496 e. The molecule has 1 aromatic carbocycles. The number of nitrogens with zero attached hydrogens (tertiary/aromatic N) is 2. The second-order valence-electron chi connectivity index (χ2n) is 6.88. The molecule has 6 heteroatoms. The Morgan fingerprint density at radius 3 is 2.63 bits per heavy atom. The average molecular weight is 378 g/mol. The molecular formula is C21H35N3O3. The van der Waals surface area contributed by atoms with Crippen molar-refractivity contribution in [3.63, 3.8) is 0 Å². The van der Waals surface area contributed by atoms with Crippen molar-refractivity contribution in [3.05, 3.63) is 29.3 Å². The van der Waals surface area contributed by atoms with Gasteiger partial charge >= 0.3 is 0 Å². The molecule has 0 saturated carbocycles. The molecule has 0 atom stereocenters. The van der Waals surface area contributed by atoms with Crippen molar-refractivity contribution in [3.8, 4) is 5.75 Å². The molecule has 0 aliphatic carbocycles. The second-order valence-corrected chi connectivity index (χ2v) is 6.88. The topological polar surface area (TPSA) is 55.3 Å².